The van der Waals surface area contributed by atoms with E-state index >= 15 is 0 Å². The highest BCUT2D eigenvalue weighted by Gasteiger charge is 2.20. The molecule has 4 heteroatoms. The number of hydrogen-bond acceptors (Lipinski definition) is 3. The molecule has 0 saturated carbocycles. The minimum atomic E-state index is 0.0832. The third-order valence-electron chi connectivity index (χ3n) is 3.59. The summed E-state index contributed by atoms with van der Waals surface area (Å²) in [6.07, 6.45) is 2.24. The van der Waals surface area contributed by atoms with Crippen molar-refractivity contribution in [2.45, 2.75) is 33.1 Å². The van der Waals surface area contributed by atoms with Gasteiger partial charge in [-0.1, -0.05) is 13.8 Å². The Morgan fingerprint density at radius 3 is 2.40 bits per heavy atom. The second-order valence-electron chi connectivity index (χ2n) is 5.81. The topological polar surface area (TPSA) is 70.1 Å². The normalized spacial score (nSPS) is 10.9. The van der Waals surface area contributed by atoms with Crippen LogP contribution in [-0.4, -0.2) is 19.5 Å². The van der Waals surface area contributed by atoms with Crippen LogP contribution in [0.25, 0.3) is 0 Å². The van der Waals surface area contributed by atoms with Gasteiger partial charge in [-0.05, 0) is 49.1 Å². The predicted molar refractivity (Wildman–Crippen MR) is 81.3 cm³/mol. The predicted octanol–water partition coefficient (Wildman–Crippen LogP) is 2.68. The molecular weight excluding hydrogens is 250 g/mol. The summed E-state index contributed by atoms with van der Waals surface area (Å²) in [4.78, 5) is 13.8. The average Bonchev–Trinajstić information content (AvgIpc) is 2.44. The zero-order valence-electron chi connectivity index (χ0n) is 12.5. The van der Waals surface area contributed by atoms with E-state index in [9.17, 15) is 4.79 Å². The number of nitrogens with zero attached hydrogens (tertiary/aromatic N) is 2. The average molecular weight is 273 g/mol. The largest absolute Gasteiger partial charge is 0.330 e. The summed E-state index contributed by atoms with van der Waals surface area (Å²) in [5, 5.41) is 8.76. The van der Waals surface area contributed by atoms with E-state index < -0.39 is 0 Å². The first-order valence-corrected chi connectivity index (χ1v) is 6.86. The van der Waals surface area contributed by atoms with E-state index in [2.05, 4.69) is 19.9 Å². The van der Waals surface area contributed by atoms with E-state index in [4.69, 9.17) is 11.0 Å². The third-order valence-corrected chi connectivity index (χ3v) is 3.59. The number of carbonyl (C=O) groups is 1. The highest BCUT2D eigenvalue weighted by atomic mass is 16.2. The molecule has 0 heterocycles. The van der Waals surface area contributed by atoms with Crippen molar-refractivity contribution >= 4 is 11.6 Å². The van der Waals surface area contributed by atoms with Crippen LogP contribution >= 0.6 is 0 Å². The van der Waals surface area contributed by atoms with Crippen molar-refractivity contribution in [2.75, 3.05) is 18.5 Å². The van der Waals surface area contributed by atoms with Gasteiger partial charge in [0.05, 0.1) is 11.6 Å². The Bertz CT molecular complexity index is 485. The summed E-state index contributed by atoms with van der Waals surface area (Å²) in [6.45, 7) is 4.91. The molecule has 1 rings (SSSR count). The van der Waals surface area contributed by atoms with E-state index in [-0.39, 0.29) is 11.3 Å². The van der Waals surface area contributed by atoms with Crippen LogP contribution in [0.1, 0.15) is 38.7 Å². The van der Waals surface area contributed by atoms with Crippen molar-refractivity contribution in [1.29, 1.82) is 5.26 Å². The van der Waals surface area contributed by atoms with Crippen molar-refractivity contribution in [1.82, 2.24) is 0 Å². The Kier molecular flexibility index (Phi) is 5.72. The third kappa shape index (κ3) is 4.67. The van der Waals surface area contributed by atoms with Crippen LogP contribution in [-0.2, 0) is 4.79 Å². The first-order chi connectivity index (χ1) is 9.39. The van der Waals surface area contributed by atoms with Crippen LogP contribution < -0.4 is 10.6 Å². The second-order valence-corrected chi connectivity index (χ2v) is 5.81. The molecule has 0 atom stereocenters. The molecule has 0 unspecified atom stereocenters. The number of anilines is 1. The Labute approximate surface area is 121 Å². The van der Waals surface area contributed by atoms with Crippen LogP contribution in [0.15, 0.2) is 24.3 Å². The van der Waals surface area contributed by atoms with Gasteiger partial charge in [-0.25, -0.2) is 0 Å². The molecule has 1 aromatic carbocycles. The Balaban J connectivity index is 2.60. The summed E-state index contributed by atoms with van der Waals surface area (Å²) in [6, 6.07) is 9.09. The lowest BCUT2D eigenvalue weighted by Gasteiger charge is -2.25. The summed E-state index contributed by atoms with van der Waals surface area (Å²) >= 11 is 0. The summed E-state index contributed by atoms with van der Waals surface area (Å²) in [5.41, 5.74) is 7.08. The zero-order valence-corrected chi connectivity index (χ0v) is 12.5. The van der Waals surface area contributed by atoms with Gasteiger partial charge < -0.3 is 10.6 Å². The van der Waals surface area contributed by atoms with E-state index in [0.29, 0.717) is 18.5 Å². The SMILES string of the molecule is CN(C(=O)CCC(C)(C)CCN)c1ccc(C#N)cc1. The number of nitrogens with two attached hydrogens (primary N) is 1. The minimum absolute atomic E-state index is 0.0832. The van der Waals surface area contributed by atoms with Crippen molar-refractivity contribution in [3.8, 4) is 6.07 Å². The fourth-order valence-corrected chi connectivity index (χ4v) is 2.03. The molecule has 4 nitrogen and oxygen atoms in total. The van der Waals surface area contributed by atoms with E-state index in [1.165, 1.54) is 0 Å². The van der Waals surface area contributed by atoms with Crippen molar-refractivity contribution in [2.24, 2.45) is 11.1 Å². The summed E-state index contributed by atoms with van der Waals surface area (Å²) in [5.74, 6) is 0.0832. The number of benzene rings is 1. The molecular formula is C16H23N3O. The maximum Gasteiger partial charge on any atom is 0.226 e. The van der Waals surface area contributed by atoms with Gasteiger partial charge in [0.2, 0.25) is 5.91 Å². The highest BCUT2D eigenvalue weighted by molar-refractivity contribution is 5.92. The van der Waals surface area contributed by atoms with Crippen molar-refractivity contribution in [3.63, 3.8) is 0 Å². The number of hydrogen-bond donors (Lipinski definition) is 1. The van der Waals surface area contributed by atoms with Crippen molar-refractivity contribution < 1.29 is 4.79 Å². The standard InChI is InChI=1S/C16H23N3O/c1-16(2,10-11-17)9-8-15(20)19(3)14-6-4-13(12-18)5-7-14/h4-7H,8-11,17H2,1-3H3. The van der Waals surface area contributed by atoms with Gasteiger partial charge >= 0.3 is 0 Å². The van der Waals surface area contributed by atoms with Gasteiger partial charge in [0, 0.05) is 19.2 Å². The van der Waals surface area contributed by atoms with Crippen LogP contribution in [0.2, 0.25) is 0 Å². The van der Waals surface area contributed by atoms with Crippen LogP contribution in [0, 0.1) is 16.7 Å². The quantitative estimate of drug-likeness (QED) is 0.866. The first kappa shape index (κ1) is 16.2. The maximum atomic E-state index is 12.2. The lowest BCUT2D eigenvalue weighted by atomic mass is 9.84. The zero-order chi connectivity index (χ0) is 15.2. The fourth-order valence-electron chi connectivity index (χ4n) is 2.03. The van der Waals surface area contributed by atoms with Crippen molar-refractivity contribution in [3.05, 3.63) is 29.8 Å². The first-order valence-electron chi connectivity index (χ1n) is 6.86. The molecule has 0 fully saturated rings. The van der Waals surface area contributed by atoms with Crippen LogP contribution in [0.5, 0.6) is 0 Å². The molecule has 0 radical (unpaired) electrons. The molecule has 1 aromatic rings. The molecule has 0 spiro atoms. The molecule has 0 aliphatic heterocycles. The molecule has 0 bridgehead atoms. The maximum absolute atomic E-state index is 12.2. The number of nitriles is 1. The lowest BCUT2D eigenvalue weighted by Crippen LogP contribution is -2.28. The Morgan fingerprint density at radius 2 is 1.90 bits per heavy atom. The van der Waals surface area contributed by atoms with Gasteiger partial charge in [0.25, 0.3) is 0 Å². The molecule has 20 heavy (non-hydrogen) atoms. The van der Waals surface area contributed by atoms with Gasteiger partial charge in [-0.2, -0.15) is 5.26 Å². The number of carbonyl (C=O) groups excluding carboxylic acids is 1. The van der Waals surface area contributed by atoms with E-state index in [1.54, 1.807) is 36.2 Å². The summed E-state index contributed by atoms with van der Waals surface area (Å²) < 4.78 is 0. The molecule has 0 aliphatic rings. The Morgan fingerprint density at radius 1 is 1.30 bits per heavy atom. The van der Waals surface area contributed by atoms with Gasteiger partial charge in [-0.3, -0.25) is 4.79 Å². The smallest absolute Gasteiger partial charge is 0.226 e. The molecule has 2 N–H and O–H groups in total. The monoisotopic (exact) mass is 273 g/mol. The Hall–Kier alpha value is -1.86. The van der Waals surface area contributed by atoms with Gasteiger partial charge in [0.1, 0.15) is 0 Å². The molecule has 1 amide bonds. The number of amides is 1. The minimum Gasteiger partial charge on any atom is -0.330 e. The highest BCUT2D eigenvalue weighted by Crippen LogP contribution is 2.26. The molecule has 0 saturated heterocycles. The van der Waals surface area contributed by atoms with Gasteiger partial charge in [-0.15, -0.1) is 0 Å². The lowest BCUT2D eigenvalue weighted by molar-refractivity contribution is -0.118. The van der Waals surface area contributed by atoms with E-state index in [0.717, 1.165) is 18.5 Å². The molecule has 0 aromatic heterocycles. The van der Waals surface area contributed by atoms with Crippen LogP contribution in [0.4, 0.5) is 5.69 Å². The molecule has 108 valence electrons. The van der Waals surface area contributed by atoms with Gasteiger partial charge in [0.15, 0.2) is 0 Å². The number of rotatable bonds is 6. The molecule has 0 aliphatic carbocycles. The summed E-state index contributed by atoms with van der Waals surface area (Å²) in [7, 11) is 1.76. The van der Waals surface area contributed by atoms with E-state index in [1.807, 2.05) is 0 Å². The fraction of sp³-hybridized carbons (Fsp3) is 0.500. The second kappa shape index (κ2) is 7.06. The van der Waals surface area contributed by atoms with Crippen LogP contribution in [0.3, 0.4) is 0 Å².